The number of benzene rings is 2. The lowest BCUT2D eigenvalue weighted by atomic mass is 10.1. The molecule has 2 aromatic carbocycles. The maximum absolute atomic E-state index is 12.0. The van der Waals surface area contributed by atoms with Crippen molar-refractivity contribution in [1.82, 2.24) is 10.1 Å². The van der Waals surface area contributed by atoms with Crippen molar-refractivity contribution in [3.63, 3.8) is 0 Å². The Bertz CT molecular complexity index is 1040. The molecule has 2 heterocycles. The summed E-state index contributed by atoms with van der Waals surface area (Å²) in [6, 6.07) is 15.1. The number of aromatic carboxylic acids is 1. The minimum atomic E-state index is -1.05. The van der Waals surface area contributed by atoms with Crippen LogP contribution < -0.4 is 14.4 Å². The van der Waals surface area contributed by atoms with E-state index in [1.54, 1.807) is 38.5 Å². The van der Waals surface area contributed by atoms with Gasteiger partial charge in [-0.3, -0.25) is 4.90 Å². The van der Waals surface area contributed by atoms with Crippen molar-refractivity contribution in [2.24, 2.45) is 0 Å². The van der Waals surface area contributed by atoms with E-state index in [4.69, 9.17) is 14.0 Å². The third-order valence-electron chi connectivity index (χ3n) is 5.45. The van der Waals surface area contributed by atoms with Crippen molar-refractivity contribution >= 4 is 11.8 Å². The Morgan fingerprint density at radius 1 is 1.03 bits per heavy atom. The van der Waals surface area contributed by atoms with Gasteiger partial charge in [-0.05, 0) is 42.0 Å². The zero-order valence-electron chi connectivity index (χ0n) is 17.6. The Labute approximate surface area is 180 Å². The van der Waals surface area contributed by atoms with E-state index < -0.39 is 5.97 Å². The highest BCUT2D eigenvalue weighted by molar-refractivity contribution is 5.99. The summed E-state index contributed by atoms with van der Waals surface area (Å²) in [6.45, 7) is 3.73. The molecule has 1 aromatic heterocycles. The number of carboxylic acid groups (broad SMARTS) is 1. The standard InChI is InChI=1S/C23H25N3O5/c1-29-18-8-6-17(7-9-18)21-20(23(27)28)22(24-31-21)26-12-10-25(11-13-26)15-16-4-3-5-19(14-16)30-2/h3-9,14H,10-13,15H2,1-2H3,(H,27,28). The molecule has 162 valence electrons. The van der Waals surface area contributed by atoms with E-state index in [0.717, 1.165) is 25.4 Å². The number of piperazine rings is 1. The van der Waals surface area contributed by atoms with Gasteiger partial charge >= 0.3 is 5.97 Å². The summed E-state index contributed by atoms with van der Waals surface area (Å²) in [6.07, 6.45) is 0. The highest BCUT2D eigenvalue weighted by Gasteiger charge is 2.29. The molecule has 0 bridgehead atoms. The molecular formula is C23H25N3O5. The van der Waals surface area contributed by atoms with Crippen LogP contribution in [0.3, 0.4) is 0 Å². The summed E-state index contributed by atoms with van der Waals surface area (Å²) < 4.78 is 15.9. The zero-order chi connectivity index (χ0) is 21.8. The Balaban J connectivity index is 1.48. The number of ether oxygens (including phenoxy) is 2. The van der Waals surface area contributed by atoms with Gasteiger partial charge in [0.25, 0.3) is 0 Å². The van der Waals surface area contributed by atoms with Gasteiger partial charge in [-0.25, -0.2) is 4.79 Å². The largest absolute Gasteiger partial charge is 0.497 e. The van der Waals surface area contributed by atoms with Crippen LogP contribution in [0.4, 0.5) is 5.82 Å². The molecule has 4 rings (SSSR count). The van der Waals surface area contributed by atoms with Crippen LogP contribution in [0.2, 0.25) is 0 Å². The molecule has 1 fully saturated rings. The van der Waals surface area contributed by atoms with E-state index in [-0.39, 0.29) is 11.3 Å². The minimum absolute atomic E-state index is 0.0893. The second-order valence-electron chi connectivity index (χ2n) is 7.36. The normalized spacial score (nSPS) is 14.5. The fourth-order valence-corrected chi connectivity index (χ4v) is 3.78. The first kappa shape index (κ1) is 20.7. The lowest BCUT2D eigenvalue weighted by Gasteiger charge is -2.34. The lowest BCUT2D eigenvalue weighted by molar-refractivity contribution is 0.0697. The number of hydrogen-bond donors (Lipinski definition) is 1. The summed E-state index contributed by atoms with van der Waals surface area (Å²) in [5.41, 5.74) is 1.92. The zero-order valence-corrected chi connectivity index (χ0v) is 17.6. The monoisotopic (exact) mass is 423 g/mol. The van der Waals surface area contributed by atoms with Gasteiger partial charge in [0.15, 0.2) is 17.1 Å². The highest BCUT2D eigenvalue weighted by atomic mass is 16.5. The molecule has 0 amide bonds. The van der Waals surface area contributed by atoms with Crippen LogP contribution in [0.15, 0.2) is 53.1 Å². The Morgan fingerprint density at radius 3 is 2.39 bits per heavy atom. The molecule has 8 heteroatoms. The summed E-state index contributed by atoms with van der Waals surface area (Å²) in [5.74, 6) is 1.10. The minimum Gasteiger partial charge on any atom is -0.497 e. The van der Waals surface area contributed by atoms with E-state index in [9.17, 15) is 9.90 Å². The van der Waals surface area contributed by atoms with Crippen molar-refractivity contribution < 1.29 is 23.9 Å². The molecule has 0 spiro atoms. The van der Waals surface area contributed by atoms with Crippen molar-refractivity contribution in [3.05, 3.63) is 59.7 Å². The average Bonchev–Trinajstić information content (AvgIpc) is 3.25. The summed E-state index contributed by atoms with van der Waals surface area (Å²) >= 11 is 0. The van der Waals surface area contributed by atoms with Gasteiger partial charge < -0.3 is 24.0 Å². The summed E-state index contributed by atoms with van der Waals surface area (Å²) in [4.78, 5) is 16.3. The van der Waals surface area contributed by atoms with Gasteiger partial charge in [-0.2, -0.15) is 0 Å². The number of carboxylic acids is 1. The molecule has 0 atom stereocenters. The van der Waals surface area contributed by atoms with Crippen LogP contribution in [-0.4, -0.2) is 61.5 Å². The van der Waals surface area contributed by atoms with Crippen molar-refractivity contribution in [2.45, 2.75) is 6.54 Å². The van der Waals surface area contributed by atoms with E-state index >= 15 is 0 Å². The van der Waals surface area contributed by atoms with Crippen molar-refractivity contribution in [3.8, 4) is 22.8 Å². The van der Waals surface area contributed by atoms with Crippen LogP contribution in [0, 0.1) is 0 Å². The average molecular weight is 423 g/mol. The molecule has 1 aliphatic rings. The van der Waals surface area contributed by atoms with Crippen LogP contribution >= 0.6 is 0 Å². The topological polar surface area (TPSA) is 88.3 Å². The van der Waals surface area contributed by atoms with Gasteiger partial charge in [0.05, 0.1) is 14.2 Å². The van der Waals surface area contributed by atoms with Gasteiger partial charge in [0.2, 0.25) is 0 Å². The molecule has 0 aliphatic carbocycles. The quantitative estimate of drug-likeness (QED) is 0.619. The highest BCUT2D eigenvalue weighted by Crippen LogP contribution is 2.33. The smallest absolute Gasteiger partial charge is 0.343 e. The number of aromatic nitrogens is 1. The second-order valence-corrected chi connectivity index (χ2v) is 7.36. The number of nitrogens with zero attached hydrogens (tertiary/aromatic N) is 3. The van der Waals surface area contributed by atoms with E-state index in [1.807, 2.05) is 23.1 Å². The molecule has 3 aromatic rings. The van der Waals surface area contributed by atoms with Gasteiger partial charge in [0.1, 0.15) is 11.5 Å². The molecule has 1 saturated heterocycles. The van der Waals surface area contributed by atoms with Gasteiger partial charge in [-0.15, -0.1) is 0 Å². The number of rotatable bonds is 7. The number of hydrogen-bond acceptors (Lipinski definition) is 7. The molecule has 31 heavy (non-hydrogen) atoms. The predicted octanol–water partition coefficient (Wildman–Crippen LogP) is 3.38. The molecule has 0 unspecified atom stereocenters. The van der Waals surface area contributed by atoms with Crippen LogP contribution in [0.1, 0.15) is 15.9 Å². The second kappa shape index (κ2) is 9.09. The maximum atomic E-state index is 12.0. The Kier molecular flexibility index (Phi) is 6.08. The van der Waals surface area contributed by atoms with E-state index in [0.29, 0.717) is 30.2 Å². The predicted molar refractivity (Wildman–Crippen MR) is 116 cm³/mol. The number of anilines is 1. The van der Waals surface area contributed by atoms with Crippen LogP contribution in [-0.2, 0) is 6.54 Å². The first-order chi connectivity index (χ1) is 15.1. The van der Waals surface area contributed by atoms with Crippen molar-refractivity contribution in [2.75, 3.05) is 45.3 Å². The molecule has 1 aliphatic heterocycles. The first-order valence-electron chi connectivity index (χ1n) is 10.1. The number of methoxy groups -OCH3 is 2. The molecule has 8 nitrogen and oxygen atoms in total. The molecular weight excluding hydrogens is 398 g/mol. The lowest BCUT2D eigenvalue weighted by Crippen LogP contribution is -2.46. The fraction of sp³-hybridized carbons (Fsp3) is 0.304. The Hall–Kier alpha value is -3.52. The van der Waals surface area contributed by atoms with E-state index in [2.05, 4.69) is 16.1 Å². The first-order valence-corrected chi connectivity index (χ1v) is 10.1. The molecule has 0 saturated carbocycles. The third-order valence-corrected chi connectivity index (χ3v) is 5.45. The summed E-state index contributed by atoms with van der Waals surface area (Å²) in [7, 11) is 3.24. The Morgan fingerprint density at radius 2 is 1.74 bits per heavy atom. The van der Waals surface area contributed by atoms with Crippen LogP contribution in [0.5, 0.6) is 11.5 Å². The van der Waals surface area contributed by atoms with Crippen LogP contribution in [0.25, 0.3) is 11.3 Å². The number of carbonyl (C=O) groups is 1. The SMILES string of the molecule is COc1ccc(-c2onc(N3CCN(Cc4cccc(OC)c4)CC3)c2C(=O)O)cc1. The van der Waals surface area contributed by atoms with Crippen molar-refractivity contribution in [1.29, 1.82) is 0 Å². The third kappa shape index (κ3) is 4.49. The fourth-order valence-electron chi connectivity index (χ4n) is 3.78. The molecule has 0 radical (unpaired) electrons. The van der Waals surface area contributed by atoms with E-state index in [1.165, 1.54) is 5.56 Å². The van der Waals surface area contributed by atoms with Gasteiger partial charge in [0, 0.05) is 38.3 Å². The maximum Gasteiger partial charge on any atom is 0.343 e. The van der Waals surface area contributed by atoms with Gasteiger partial charge in [-0.1, -0.05) is 17.3 Å². The summed E-state index contributed by atoms with van der Waals surface area (Å²) in [5, 5.41) is 14.0. The molecule has 1 N–H and O–H groups in total.